The van der Waals surface area contributed by atoms with Crippen LogP contribution in [-0.2, 0) is 59.2 Å². The molecule has 1 aromatic carbocycles. The van der Waals surface area contributed by atoms with Gasteiger partial charge in [-0.2, -0.15) is 0 Å². The fraction of sp³-hybridized carbons (Fsp3) is 0.457. The first-order valence-electron chi connectivity index (χ1n) is 18.1. The predicted octanol–water partition coefficient (Wildman–Crippen LogP) is -5.73. The molecule has 6 unspecified atom stereocenters. The number of carboxylic acids is 3. The van der Waals surface area contributed by atoms with Gasteiger partial charge in [-0.3, -0.25) is 47.9 Å². The van der Waals surface area contributed by atoms with Crippen molar-refractivity contribution < 1.29 is 73.2 Å². The molecule has 0 aliphatic carbocycles. The van der Waals surface area contributed by atoms with E-state index < -0.39 is 147 Å². The Labute approximate surface area is 340 Å². The van der Waals surface area contributed by atoms with Gasteiger partial charge in [0.2, 0.25) is 47.3 Å². The van der Waals surface area contributed by atoms with Crippen LogP contribution >= 0.6 is 0 Å². The van der Waals surface area contributed by atoms with Gasteiger partial charge < -0.3 is 73.7 Å². The van der Waals surface area contributed by atoms with Crippen LogP contribution in [0.15, 0.2) is 30.3 Å². The van der Waals surface area contributed by atoms with Crippen molar-refractivity contribution in [2.75, 3.05) is 26.2 Å². The number of aliphatic hydroxyl groups excluding tert-OH is 1. The molecule has 1 aromatic heterocycles. The summed E-state index contributed by atoms with van der Waals surface area (Å²) in [6.45, 7) is -0.805. The van der Waals surface area contributed by atoms with Gasteiger partial charge in [-0.1, -0.05) is 18.2 Å². The van der Waals surface area contributed by atoms with Gasteiger partial charge in [-0.25, -0.2) is 4.79 Å². The monoisotopic (exact) mass is 848 g/mol. The van der Waals surface area contributed by atoms with E-state index in [1.165, 1.54) is 6.92 Å². The molecule has 25 nitrogen and oxygen atoms in total. The van der Waals surface area contributed by atoms with Gasteiger partial charge in [0.25, 0.3) is 0 Å². The number of benzene rings is 1. The number of aromatic amines is 1. The van der Waals surface area contributed by atoms with Crippen LogP contribution in [0.5, 0.6) is 0 Å². The van der Waals surface area contributed by atoms with Gasteiger partial charge >= 0.3 is 17.9 Å². The molecule has 1 heterocycles. The number of amides is 8. The number of rotatable bonds is 25. The van der Waals surface area contributed by atoms with Crippen LogP contribution < -0.4 is 48.3 Å². The molecule has 0 radical (unpaired) electrons. The number of nitrogens with two attached hydrogens (primary N) is 1. The van der Waals surface area contributed by atoms with Gasteiger partial charge in [0.15, 0.2) is 0 Å². The Morgan fingerprint density at radius 1 is 0.633 bits per heavy atom. The molecule has 0 bridgehead atoms. The summed E-state index contributed by atoms with van der Waals surface area (Å²) in [6.07, 6.45) is -1.85. The number of hydrogen-bond donors (Lipinski definition) is 14. The quantitative estimate of drug-likeness (QED) is 0.0443. The number of aromatic nitrogens is 1. The molecule has 0 spiro atoms. The minimum atomic E-state index is -1.78. The molecule has 328 valence electrons. The van der Waals surface area contributed by atoms with E-state index in [-0.39, 0.29) is 6.42 Å². The Kier molecular flexibility index (Phi) is 19.5. The lowest BCUT2D eigenvalue weighted by atomic mass is 10.1. The number of H-pyrrole nitrogens is 1. The van der Waals surface area contributed by atoms with Crippen LogP contribution in [0.1, 0.15) is 38.8 Å². The van der Waals surface area contributed by atoms with E-state index in [0.717, 1.165) is 17.8 Å². The Morgan fingerprint density at radius 3 is 1.80 bits per heavy atom. The van der Waals surface area contributed by atoms with E-state index in [2.05, 4.69) is 36.9 Å². The van der Waals surface area contributed by atoms with Crippen molar-refractivity contribution in [3.63, 3.8) is 0 Å². The molecule has 6 atom stereocenters. The van der Waals surface area contributed by atoms with Crippen LogP contribution in [0.4, 0.5) is 0 Å². The lowest BCUT2D eigenvalue weighted by Crippen LogP contribution is -2.58. The highest BCUT2D eigenvalue weighted by Gasteiger charge is 2.29. The number of carbonyl (C=O) groups excluding carboxylic acids is 8. The van der Waals surface area contributed by atoms with Crippen molar-refractivity contribution in [3.05, 3.63) is 36.0 Å². The first kappa shape index (κ1) is 49.0. The summed E-state index contributed by atoms with van der Waals surface area (Å²) in [7, 11) is 0. The average molecular weight is 849 g/mol. The van der Waals surface area contributed by atoms with Crippen molar-refractivity contribution in [1.82, 2.24) is 47.5 Å². The maximum atomic E-state index is 12.9. The Hall–Kier alpha value is -7.15. The number of carboxylic acid groups (broad SMARTS) is 3. The topological polar surface area (TPSA) is 407 Å². The van der Waals surface area contributed by atoms with E-state index >= 15 is 0 Å². The molecule has 0 aliphatic rings. The molecule has 60 heavy (non-hydrogen) atoms. The zero-order chi connectivity index (χ0) is 45.1. The Balaban J connectivity index is 1.80. The number of para-hydroxylation sites is 1. The molecule has 2 aromatic rings. The number of carbonyl (C=O) groups is 11. The second-order valence-electron chi connectivity index (χ2n) is 13.2. The normalized spacial score (nSPS) is 13.7. The lowest BCUT2D eigenvalue weighted by Gasteiger charge is -2.22. The van der Waals surface area contributed by atoms with Crippen molar-refractivity contribution >= 4 is 76.1 Å². The van der Waals surface area contributed by atoms with E-state index in [0.29, 0.717) is 5.69 Å². The van der Waals surface area contributed by atoms with Crippen LogP contribution in [0, 0.1) is 0 Å². The Bertz CT molecular complexity index is 1900. The van der Waals surface area contributed by atoms with Crippen molar-refractivity contribution in [1.29, 1.82) is 0 Å². The molecular formula is C35H48N10O15. The molecule has 25 heteroatoms. The third kappa shape index (κ3) is 17.1. The summed E-state index contributed by atoms with van der Waals surface area (Å²) in [4.78, 5) is 137. The summed E-state index contributed by atoms with van der Waals surface area (Å²) < 4.78 is 0. The van der Waals surface area contributed by atoms with E-state index in [9.17, 15) is 63.0 Å². The van der Waals surface area contributed by atoms with Crippen LogP contribution in [0.2, 0.25) is 0 Å². The highest BCUT2D eigenvalue weighted by Crippen LogP contribution is 2.15. The number of aliphatic hydroxyl groups is 1. The maximum absolute atomic E-state index is 12.9. The summed E-state index contributed by atoms with van der Waals surface area (Å²) in [5.74, 6) is -12.1. The number of hydrogen-bond acceptors (Lipinski definition) is 13. The van der Waals surface area contributed by atoms with Gasteiger partial charge in [0, 0.05) is 24.1 Å². The smallest absolute Gasteiger partial charge is 0.326 e. The number of fused-ring (bicyclic) bond motifs is 1. The SMILES string of the molecule is CC(NC(=O)C(N)Cc1cc2ccccc2[nH]1)C(=O)NCC(=O)NCC(=O)NC(CC(=O)O)C(=O)NC(C)C(=O)NC(CO)C(=O)NCC(=O)NC(CCC(=O)O)C(=O)O. The van der Waals surface area contributed by atoms with Crippen molar-refractivity contribution in [2.45, 2.75) is 75.8 Å². The van der Waals surface area contributed by atoms with E-state index in [4.69, 9.17) is 15.9 Å². The first-order valence-corrected chi connectivity index (χ1v) is 18.1. The van der Waals surface area contributed by atoms with E-state index in [1.807, 2.05) is 41.0 Å². The molecule has 0 aliphatic heterocycles. The third-order valence-corrected chi connectivity index (χ3v) is 8.29. The summed E-state index contributed by atoms with van der Waals surface area (Å²) in [5.41, 5.74) is 7.58. The van der Waals surface area contributed by atoms with Crippen molar-refractivity contribution in [2.24, 2.45) is 5.73 Å². The largest absolute Gasteiger partial charge is 0.481 e. The summed E-state index contributed by atoms with van der Waals surface area (Å²) in [5, 5.41) is 54.9. The minimum absolute atomic E-state index is 0.154. The first-order chi connectivity index (χ1) is 28.2. The van der Waals surface area contributed by atoms with E-state index in [1.54, 1.807) is 0 Å². The molecule has 8 amide bonds. The number of aliphatic carboxylic acids is 3. The van der Waals surface area contributed by atoms with Crippen LogP contribution in [-0.4, -0.2) is 153 Å². The average Bonchev–Trinajstić information content (AvgIpc) is 3.60. The molecule has 2 rings (SSSR count). The lowest BCUT2D eigenvalue weighted by molar-refractivity contribution is -0.143. The molecule has 0 saturated carbocycles. The van der Waals surface area contributed by atoms with Crippen LogP contribution in [0.25, 0.3) is 10.9 Å². The van der Waals surface area contributed by atoms with Gasteiger partial charge in [0.1, 0.15) is 30.2 Å². The highest BCUT2D eigenvalue weighted by atomic mass is 16.4. The third-order valence-electron chi connectivity index (χ3n) is 8.29. The summed E-state index contributed by atoms with van der Waals surface area (Å²) in [6, 6.07) is 0.629. The zero-order valence-electron chi connectivity index (χ0n) is 32.4. The molecule has 0 fully saturated rings. The number of nitrogens with one attached hydrogen (secondary N) is 9. The summed E-state index contributed by atoms with van der Waals surface area (Å²) >= 11 is 0. The molecular weight excluding hydrogens is 800 g/mol. The van der Waals surface area contributed by atoms with Gasteiger partial charge in [0.05, 0.1) is 38.7 Å². The second kappa shape index (κ2) is 23.9. The fourth-order valence-corrected chi connectivity index (χ4v) is 5.08. The van der Waals surface area contributed by atoms with Crippen LogP contribution in [0.3, 0.4) is 0 Å². The van der Waals surface area contributed by atoms with Gasteiger partial charge in [-0.15, -0.1) is 0 Å². The zero-order valence-corrected chi connectivity index (χ0v) is 32.4. The fourth-order valence-electron chi connectivity index (χ4n) is 5.08. The standard InChI is InChI=1S/C35H48N10O15/c1-16(40-32(56)20(36)10-19-9-18-5-3-4-6-21(18)42-19)30(54)38-12-25(47)37-13-26(48)44-23(11-29(52)53)34(58)41-17(2)31(55)45-24(15-46)33(57)39-14-27(49)43-22(35(59)60)7-8-28(50)51/h3-6,9,16-17,20,22-24,42,46H,7-8,10-15,36H2,1-2H3,(H,37,47)(H,38,54)(H,39,57)(H,40,56)(H,41,58)(H,43,49)(H,44,48)(H,45,55)(H,50,51)(H,52,53)(H,59,60). The van der Waals surface area contributed by atoms with Gasteiger partial charge in [-0.05, 0) is 37.8 Å². The second-order valence-corrected chi connectivity index (χ2v) is 13.2. The highest BCUT2D eigenvalue weighted by molar-refractivity contribution is 5.97. The molecule has 0 saturated heterocycles. The maximum Gasteiger partial charge on any atom is 0.326 e. The van der Waals surface area contributed by atoms with Crippen molar-refractivity contribution in [3.8, 4) is 0 Å². The predicted molar refractivity (Wildman–Crippen MR) is 204 cm³/mol. The Morgan fingerprint density at radius 2 is 1.20 bits per heavy atom. The molecule has 15 N–H and O–H groups in total. The minimum Gasteiger partial charge on any atom is -0.481 e.